The molecule has 0 radical (unpaired) electrons. The number of carbonyl (C=O) groups excluding carboxylic acids is 1. The maximum absolute atomic E-state index is 11.7. The summed E-state index contributed by atoms with van der Waals surface area (Å²) in [5, 5.41) is 8.75. The number of hydrogen-bond acceptors (Lipinski definition) is 3. The third-order valence-electron chi connectivity index (χ3n) is 3.71. The van der Waals surface area contributed by atoms with Crippen molar-refractivity contribution in [3.05, 3.63) is 38.0 Å². The molecule has 0 saturated carbocycles. The number of aliphatic hydroxyl groups excluding tert-OH is 1. The van der Waals surface area contributed by atoms with Gasteiger partial charge < -0.3 is 9.84 Å². The molecule has 0 aliphatic carbocycles. The molecule has 0 saturated heterocycles. The first-order valence-corrected chi connectivity index (χ1v) is 7.73. The highest BCUT2D eigenvalue weighted by molar-refractivity contribution is 5.69. The number of aliphatic hydroxyl groups is 1. The molecule has 21 heavy (non-hydrogen) atoms. The van der Waals surface area contributed by atoms with E-state index in [9.17, 15) is 4.79 Å². The molecular formula is C18H30O3. The number of rotatable bonds is 14. The molecule has 0 rings (SSSR count). The second-order valence-corrected chi connectivity index (χ2v) is 5.47. The van der Waals surface area contributed by atoms with E-state index in [2.05, 4.69) is 19.7 Å². The minimum absolute atomic E-state index is 0.0175. The van der Waals surface area contributed by atoms with Gasteiger partial charge in [-0.1, -0.05) is 18.2 Å². The van der Waals surface area contributed by atoms with Gasteiger partial charge in [0.05, 0.1) is 6.61 Å². The first-order chi connectivity index (χ1) is 10.1. The van der Waals surface area contributed by atoms with Crippen molar-refractivity contribution in [2.45, 2.75) is 51.4 Å². The van der Waals surface area contributed by atoms with Gasteiger partial charge in [0.1, 0.15) is 0 Å². The van der Waals surface area contributed by atoms with E-state index in [1.54, 1.807) is 0 Å². The zero-order chi connectivity index (χ0) is 16.0. The van der Waals surface area contributed by atoms with E-state index in [0.717, 1.165) is 38.5 Å². The van der Waals surface area contributed by atoms with Crippen LogP contribution < -0.4 is 0 Å². The van der Waals surface area contributed by atoms with Crippen molar-refractivity contribution in [1.82, 2.24) is 0 Å². The van der Waals surface area contributed by atoms with E-state index >= 15 is 0 Å². The van der Waals surface area contributed by atoms with Gasteiger partial charge in [0.15, 0.2) is 0 Å². The molecule has 1 N–H and O–H groups in total. The Morgan fingerprint density at radius 2 is 1.48 bits per heavy atom. The molecular weight excluding hydrogens is 264 g/mol. The predicted octanol–water partition coefficient (Wildman–Crippen LogP) is 4.19. The third kappa shape index (κ3) is 9.24. The van der Waals surface area contributed by atoms with Gasteiger partial charge in [-0.25, -0.2) is 0 Å². The minimum atomic E-state index is -0.232. The fraction of sp³-hybridized carbons (Fsp3) is 0.611. The molecule has 0 aliphatic heterocycles. The highest BCUT2D eigenvalue weighted by atomic mass is 16.5. The summed E-state index contributed by atoms with van der Waals surface area (Å²) in [7, 11) is 0. The van der Waals surface area contributed by atoms with Crippen LogP contribution in [-0.4, -0.2) is 24.3 Å². The van der Waals surface area contributed by atoms with Crippen molar-refractivity contribution in [2.75, 3.05) is 13.2 Å². The van der Waals surface area contributed by atoms with Crippen molar-refractivity contribution >= 4 is 5.97 Å². The van der Waals surface area contributed by atoms with E-state index in [1.165, 1.54) is 0 Å². The second kappa shape index (κ2) is 12.4. The Morgan fingerprint density at radius 1 is 1.00 bits per heavy atom. The summed E-state index contributed by atoms with van der Waals surface area (Å²) >= 11 is 0. The molecule has 0 fully saturated rings. The summed E-state index contributed by atoms with van der Waals surface area (Å²) in [5.74, 6) is -0.232. The lowest BCUT2D eigenvalue weighted by molar-refractivity contribution is -0.148. The number of ether oxygens (including phenoxy) is 1. The number of esters is 1. The predicted molar refractivity (Wildman–Crippen MR) is 88.0 cm³/mol. The highest BCUT2D eigenvalue weighted by Crippen LogP contribution is 2.36. The molecule has 0 aromatic heterocycles. The molecule has 0 aromatic carbocycles. The van der Waals surface area contributed by atoms with Crippen molar-refractivity contribution in [3.8, 4) is 0 Å². The summed E-state index contributed by atoms with van der Waals surface area (Å²) in [5.41, 5.74) is -0.0363. The Hall–Kier alpha value is -1.35. The molecule has 3 heteroatoms. The molecule has 0 bridgehead atoms. The third-order valence-corrected chi connectivity index (χ3v) is 3.71. The molecule has 0 amide bonds. The fourth-order valence-electron chi connectivity index (χ4n) is 2.35. The minimum Gasteiger partial charge on any atom is -0.465 e. The van der Waals surface area contributed by atoms with Crippen LogP contribution in [0.1, 0.15) is 51.4 Å². The van der Waals surface area contributed by atoms with Gasteiger partial charge in [-0.05, 0) is 44.9 Å². The van der Waals surface area contributed by atoms with Crippen LogP contribution in [0.15, 0.2) is 38.0 Å². The Morgan fingerprint density at radius 3 is 1.86 bits per heavy atom. The van der Waals surface area contributed by atoms with Crippen LogP contribution >= 0.6 is 0 Å². The first-order valence-electron chi connectivity index (χ1n) is 7.73. The number of hydrogen-bond donors (Lipinski definition) is 1. The monoisotopic (exact) mass is 294 g/mol. The highest BCUT2D eigenvalue weighted by Gasteiger charge is 2.29. The van der Waals surface area contributed by atoms with Crippen LogP contribution in [0.3, 0.4) is 0 Å². The molecule has 0 spiro atoms. The zero-order valence-corrected chi connectivity index (χ0v) is 13.2. The Balaban J connectivity index is 4.68. The average Bonchev–Trinajstić information content (AvgIpc) is 2.51. The topological polar surface area (TPSA) is 46.5 Å². The summed E-state index contributed by atoms with van der Waals surface area (Å²) in [6.45, 7) is 11.8. The molecule has 0 unspecified atom stereocenters. The molecule has 120 valence electrons. The lowest BCUT2D eigenvalue weighted by Gasteiger charge is -2.33. The standard InChI is InChI=1S/C18H30O3/c1-4-7-12-18(13-8-5-2,14-9-6-3)16-21-17(20)11-10-15-19/h4-6,19H,1-3,7-16H2. The normalized spacial score (nSPS) is 10.9. The van der Waals surface area contributed by atoms with Gasteiger partial charge in [-0.3, -0.25) is 4.79 Å². The van der Waals surface area contributed by atoms with E-state index in [4.69, 9.17) is 9.84 Å². The smallest absolute Gasteiger partial charge is 0.305 e. The van der Waals surface area contributed by atoms with E-state index in [1.807, 2.05) is 18.2 Å². The maximum Gasteiger partial charge on any atom is 0.305 e. The molecule has 3 nitrogen and oxygen atoms in total. The summed E-state index contributed by atoms with van der Waals surface area (Å²) in [4.78, 5) is 11.7. The molecule has 0 aliphatic rings. The summed E-state index contributed by atoms with van der Waals surface area (Å²) < 4.78 is 5.45. The van der Waals surface area contributed by atoms with Crippen LogP contribution in [0.4, 0.5) is 0 Å². The lowest BCUT2D eigenvalue weighted by atomic mass is 9.76. The van der Waals surface area contributed by atoms with Crippen LogP contribution in [0.5, 0.6) is 0 Å². The largest absolute Gasteiger partial charge is 0.465 e. The summed E-state index contributed by atoms with van der Waals surface area (Å²) in [6.07, 6.45) is 12.0. The van der Waals surface area contributed by atoms with Crippen molar-refractivity contribution < 1.29 is 14.6 Å². The van der Waals surface area contributed by atoms with Crippen molar-refractivity contribution in [1.29, 1.82) is 0 Å². The lowest BCUT2D eigenvalue weighted by Crippen LogP contribution is -2.28. The summed E-state index contributed by atoms with van der Waals surface area (Å²) in [6, 6.07) is 0. The van der Waals surface area contributed by atoms with Crippen LogP contribution in [0.2, 0.25) is 0 Å². The van der Waals surface area contributed by atoms with E-state index < -0.39 is 0 Å². The Bertz CT molecular complexity index is 289. The first kappa shape index (κ1) is 19.7. The van der Waals surface area contributed by atoms with Gasteiger partial charge in [0, 0.05) is 18.4 Å². The van der Waals surface area contributed by atoms with Crippen molar-refractivity contribution in [2.24, 2.45) is 5.41 Å². The average molecular weight is 294 g/mol. The SMILES string of the molecule is C=CCCC(CCC=C)(CCC=C)COC(=O)CCCO. The van der Waals surface area contributed by atoms with Crippen molar-refractivity contribution in [3.63, 3.8) is 0 Å². The van der Waals surface area contributed by atoms with E-state index in [-0.39, 0.29) is 24.4 Å². The van der Waals surface area contributed by atoms with Gasteiger partial charge in [0.25, 0.3) is 0 Å². The van der Waals surface area contributed by atoms with Gasteiger partial charge in [-0.2, -0.15) is 0 Å². The van der Waals surface area contributed by atoms with Crippen LogP contribution in [0, 0.1) is 5.41 Å². The molecule has 0 heterocycles. The van der Waals surface area contributed by atoms with Crippen LogP contribution in [0.25, 0.3) is 0 Å². The quantitative estimate of drug-likeness (QED) is 0.386. The molecule has 0 atom stereocenters. The number of allylic oxidation sites excluding steroid dienone is 3. The second-order valence-electron chi connectivity index (χ2n) is 5.47. The molecule has 0 aromatic rings. The van der Waals surface area contributed by atoms with E-state index in [0.29, 0.717) is 13.0 Å². The Kier molecular flexibility index (Phi) is 11.6. The number of carbonyl (C=O) groups is 1. The Labute approximate surface area is 129 Å². The van der Waals surface area contributed by atoms with Crippen LogP contribution in [-0.2, 0) is 9.53 Å². The van der Waals surface area contributed by atoms with Gasteiger partial charge in [-0.15, -0.1) is 19.7 Å². The zero-order valence-electron chi connectivity index (χ0n) is 13.2. The van der Waals surface area contributed by atoms with Gasteiger partial charge in [0.2, 0.25) is 0 Å². The van der Waals surface area contributed by atoms with Gasteiger partial charge >= 0.3 is 5.97 Å². The maximum atomic E-state index is 11.7. The fourth-order valence-corrected chi connectivity index (χ4v) is 2.35.